The fourth-order valence-corrected chi connectivity index (χ4v) is 10.5. The second kappa shape index (κ2) is 13.3. The van der Waals surface area contributed by atoms with Crippen LogP contribution in [0.15, 0.2) is 117 Å². The fourth-order valence-electron chi connectivity index (χ4n) is 7.87. The van der Waals surface area contributed by atoms with Gasteiger partial charge in [0.25, 0.3) is 0 Å². The van der Waals surface area contributed by atoms with Crippen molar-refractivity contribution in [2.24, 2.45) is 5.92 Å². The summed E-state index contributed by atoms with van der Waals surface area (Å²) < 4.78 is 51.5. The van der Waals surface area contributed by atoms with Gasteiger partial charge in [-0.15, -0.1) is 0 Å². The van der Waals surface area contributed by atoms with Gasteiger partial charge in [-0.3, -0.25) is 0 Å². The molecule has 10 heteroatoms. The standard InChI is InChI=1S/2C19H22N2O2S/c1-13-12-20-10-9-16-17-11-15(7-8-18(17)21-19(13)16)24(22,23)14-5-3-2-4-6-14;1-13-11-19-16(9-10-20-13)17-12-15(7-8-18(17)21-19)24(22,23)14-5-3-2-4-6-14/h2-8,11,13,16,19-21H,9-10,12H2,1H3;2-8,12-13,16,19-21H,9-11H2,1H3/t13?,16-,19-;13?,16-,19+/m00/s1. The van der Waals surface area contributed by atoms with Gasteiger partial charge in [0.05, 0.1) is 19.6 Å². The molecule has 2 fully saturated rings. The molecule has 0 bridgehead atoms. The monoisotopic (exact) mass is 684 g/mol. The minimum Gasteiger partial charge on any atom is -0.381 e. The molecule has 0 aromatic heterocycles. The summed E-state index contributed by atoms with van der Waals surface area (Å²) in [7, 11) is -6.93. The Kier molecular flexibility index (Phi) is 9.10. The lowest BCUT2D eigenvalue weighted by Gasteiger charge is -2.22. The summed E-state index contributed by atoms with van der Waals surface area (Å²) in [6, 6.07) is 29.6. The largest absolute Gasteiger partial charge is 0.381 e. The van der Waals surface area contributed by atoms with E-state index in [1.165, 1.54) is 0 Å². The zero-order valence-corrected chi connectivity index (χ0v) is 29.0. The van der Waals surface area contributed by atoms with Crippen molar-refractivity contribution < 1.29 is 16.8 Å². The van der Waals surface area contributed by atoms with Crippen LogP contribution in [0.2, 0.25) is 0 Å². The van der Waals surface area contributed by atoms with Crippen LogP contribution in [-0.4, -0.2) is 54.6 Å². The van der Waals surface area contributed by atoms with Crippen LogP contribution < -0.4 is 21.3 Å². The summed E-state index contributed by atoms with van der Waals surface area (Å²) in [4.78, 5) is 1.48. The predicted octanol–water partition coefficient (Wildman–Crippen LogP) is 6.20. The molecule has 252 valence electrons. The lowest BCUT2D eigenvalue weighted by Crippen LogP contribution is -2.31. The van der Waals surface area contributed by atoms with Crippen molar-refractivity contribution >= 4 is 31.0 Å². The van der Waals surface area contributed by atoms with Gasteiger partial charge >= 0.3 is 0 Å². The summed E-state index contributed by atoms with van der Waals surface area (Å²) in [6.07, 6.45) is 3.12. The second-order valence-electron chi connectivity index (χ2n) is 13.6. The molecule has 0 aliphatic carbocycles. The third kappa shape index (κ3) is 6.27. The van der Waals surface area contributed by atoms with E-state index in [0.717, 1.165) is 61.4 Å². The summed E-state index contributed by atoms with van der Waals surface area (Å²) >= 11 is 0. The van der Waals surface area contributed by atoms with Gasteiger partial charge in [0.15, 0.2) is 0 Å². The van der Waals surface area contributed by atoms with Crippen molar-refractivity contribution in [2.75, 3.05) is 30.3 Å². The highest BCUT2D eigenvalue weighted by atomic mass is 32.2. The summed E-state index contributed by atoms with van der Waals surface area (Å²) in [5, 5.41) is 14.2. The van der Waals surface area contributed by atoms with E-state index >= 15 is 0 Å². The predicted molar refractivity (Wildman–Crippen MR) is 190 cm³/mol. The van der Waals surface area contributed by atoms with Gasteiger partial charge in [0, 0.05) is 41.3 Å². The van der Waals surface area contributed by atoms with E-state index in [2.05, 4.69) is 35.1 Å². The van der Waals surface area contributed by atoms with Crippen molar-refractivity contribution in [3.05, 3.63) is 108 Å². The van der Waals surface area contributed by atoms with Gasteiger partial charge in [-0.2, -0.15) is 0 Å². The molecule has 2 saturated heterocycles. The number of rotatable bonds is 4. The molecule has 0 radical (unpaired) electrons. The molecule has 0 saturated carbocycles. The van der Waals surface area contributed by atoms with Crippen LogP contribution in [0.25, 0.3) is 0 Å². The first kappa shape index (κ1) is 32.8. The quantitative estimate of drug-likeness (QED) is 0.201. The Hall–Kier alpha value is -3.70. The molecule has 0 amide bonds. The smallest absolute Gasteiger partial charge is 0.206 e. The molecule has 4 N–H and O–H groups in total. The van der Waals surface area contributed by atoms with E-state index in [1.807, 2.05) is 36.4 Å². The number of anilines is 2. The molecule has 4 aromatic carbocycles. The second-order valence-corrected chi connectivity index (χ2v) is 17.5. The minimum atomic E-state index is -3.46. The number of hydrogen-bond donors (Lipinski definition) is 4. The van der Waals surface area contributed by atoms with Gasteiger partial charge in [0.2, 0.25) is 19.7 Å². The third-order valence-electron chi connectivity index (χ3n) is 10.4. The third-order valence-corrected chi connectivity index (χ3v) is 14.0. The van der Waals surface area contributed by atoms with Crippen LogP contribution in [0.5, 0.6) is 0 Å². The SMILES string of the molecule is CC1CNCC[C@H]2c3cc(S(=O)(=O)c4ccccc4)ccc3N[C@@H]12.CC1C[C@H]2Nc3ccc(S(=O)(=O)c4ccccc4)cc3[C@@H]2CCN1. The van der Waals surface area contributed by atoms with Gasteiger partial charge in [-0.1, -0.05) is 43.3 Å². The maximum atomic E-state index is 12.9. The highest BCUT2D eigenvalue weighted by molar-refractivity contribution is 7.91. The minimum absolute atomic E-state index is 0.350. The maximum absolute atomic E-state index is 12.9. The van der Waals surface area contributed by atoms with Crippen molar-refractivity contribution in [1.82, 2.24) is 10.6 Å². The summed E-state index contributed by atoms with van der Waals surface area (Å²) in [6.45, 7) is 7.40. The molecule has 48 heavy (non-hydrogen) atoms. The Labute approximate surface area is 284 Å². The van der Waals surface area contributed by atoms with Crippen LogP contribution in [0, 0.1) is 5.92 Å². The Morgan fingerprint density at radius 1 is 0.604 bits per heavy atom. The topological polar surface area (TPSA) is 116 Å². The molecule has 4 aliphatic rings. The van der Waals surface area contributed by atoms with E-state index in [1.54, 1.807) is 60.7 Å². The highest BCUT2D eigenvalue weighted by Crippen LogP contribution is 2.44. The molecule has 0 spiro atoms. The van der Waals surface area contributed by atoms with Crippen LogP contribution in [0.4, 0.5) is 11.4 Å². The van der Waals surface area contributed by atoms with Gasteiger partial charge in [-0.05, 0) is 124 Å². The number of hydrogen-bond acceptors (Lipinski definition) is 8. The van der Waals surface area contributed by atoms with E-state index in [4.69, 9.17) is 0 Å². The van der Waals surface area contributed by atoms with Crippen LogP contribution in [0.3, 0.4) is 0 Å². The summed E-state index contributed by atoms with van der Waals surface area (Å²) in [5.74, 6) is 1.26. The zero-order chi connectivity index (χ0) is 33.5. The molecule has 4 heterocycles. The van der Waals surface area contributed by atoms with Gasteiger partial charge in [-0.25, -0.2) is 16.8 Å². The molecule has 2 unspecified atom stereocenters. The fraction of sp³-hybridized carbons (Fsp3) is 0.368. The molecule has 6 atom stereocenters. The summed E-state index contributed by atoms with van der Waals surface area (Å²) in [5.41, 5.74) is 4.47. The van der Waals surface area contributed by atoms with Gasteiger partial charge in [0.1, 0.15) is 0 Å². The molecule has 4 aliphatic heterocycles. The van der Waals surface area contributed by atoms with E-state index in [0.29, 0.717) is 55.5 Å². The van der Waals surface area contributed by atoms with Gasteiger partial charge < -0.3 is 21.3 Å². The van der Waals surface area contributed by atoms with Crippen LogP contribution in [-0.2, 0) is 19.7 Å². The Balaban J connectivity index is 0.000000152. The molecule has 8 nitrogen and oxygen atoms in total. The molecular formula is C38H44N4O4S2. The Bertz CT molecular complexity index is 1990. The van der Waals surface area contributed by atoms with E-state index in [9.17, 15) is 16.8 Å². The average Bonchev–Trinajstić information content (AvgIpc) is 3.50. The Morgan fingerprint density at radius 3 is 1.75 bits per heavy atom. The molecule has 4 aromatic rings. The first-order valence-electron chi connectivity index (χ1n) is 17.0. The van der Waals surface area contributed by atoms with Crippen molar-refractivity contribution in [3.63, 3.8) is 0 Å². The number of sulfone groups is 2. The molecule has 8 rings (SSSR count). The highest BCUT2D eigenvalue weighted by Gasteiger charge is 2.38. The van der Waals surface area contributed by atoms with Crippen LogP contribution in [0.1, 0.15) is 56.1 Å². The van der Waals surface area contributed by atoms with Crippen LogP contribution >= 0.6 is 0 Å². The first-order chi connectivity index (χ1) is 23.1. The van der Waals surface area contributed by atoms with E-state index in [-0.39, 0.29) is 0 Å². The lowest BCUT2D eigenvalue weighted by atomic mass is 9.87. The zero-order valence-electron chi connectivity index (χ0n) is 27.4. The molecular weight excluding hydrogens is 641 g/mol. The number of fused-ring (bicyclic) bond motifs is 6. The number of nitrogens with one attached hydrogen (secondary N) is 4. The van der Waals surface area contributed by atoms with Crippen molar-refractivity contribution in [1.29, 1.82) is 0 Å². The number of benzene rings is 4. The normalized spacial score (nSPS) is 26.1. The van der Waals surface area contributed by atoms with Crippen molar-refractivity contribution in [3.8, 4) is 0 Å². The van der Waals surface area contributed by atoms with E-state index < -0.39 is 19.7 Å². The lowest BCUT2D eigenvalue weighted by molar-refractivity contribution is 0.454. The van der Waals surface area contributed by atoms with Crippen molar-refractivity contribution in [2.45, 2.75) is 82.7 Å². The average molecular weight is 685 g/mol. The first-order valence-corrected chi connectivity index (χ1v) is 19.9. The maximum Gasteiger partial charge on any atom is 0.206 e. The Morgan fingerprint density at radius 2 is 1.15 bits per heavy atom.